The van der Waals surface area contributed by atoms with E-state index in [1.54, 1.807) is 39.8 Å². The Hall–Kier alpha value is -2.92. The number of carbonyl (C=O) groups excluding carboxylic acids is 2. The van der Waals surface area contributed by atoms with E-state index in [4.69, 9.17) is 9.47 Å². The van der Waals surface area contributed by atoms with Crippen molar-refractivity contribution in [3.05, 3.63) is 29.8 Å². The predicted molar refractivity (Wildman–Crippen MR) is 144 cm³/mol. The number of nitrogens with one attached hydrogen (secondary N) is 4. The van der Waals surface area contributed by atoms with Crippen LogP contribution in [-0.4, -0.2) is 72.2 Å². The highest BCUT2D eigenvalue weighted by Crippen LogP contribution is 2.40. The highest BCUT2D eigenvalue weighted by Gasteiger charge is 2.56. The molecule has 0 spiro atoms. The molecule has 0 aliphatic carbocycles. The maximum Gasteiger partial charge on any atom is 0.407 e. The Bertz CT molecular complexity index is 1130. The number of ether oxygens (including phenoxy) is 2. The Morgan fingerprint density at radius 2 is 1.98 bits per heavy atom. The number of alkyl halides is 3. The molecule has 4 rings (SSSR count). The van der Waals surface area contributed by atoms with Gasteiger partial charge in [-0.2, -0.15) is 18.4 Å². The van der Waals surface area contributed by atoms with Crippen LogP contribution in [-0.2, 0) is 19.1 Å². The van der Waals surface area contributed by atoms with E-state index in [0.717, 1.165) is 0 Å². The molecule has 4 unspecified atom stereocenters. The molecule has 6 atom stereocenters. The molecule has 0 bridgehead atoms. The first-order valence-corrected chi connectivity index (χ1v) is 14.0. The number of carbonyl (C=O) groups is 2. The number of piperidine rings is 1. The molecule has 0 radical (unpaired) electrons. The van der Waals surface area contributed by atoms with Gasteiger partial charge in [0.2, 0.25) is 5.91 Å². The number of rotatable bonds is 8. The molecule has 226 valence electrons. The van der Waals surface area contributed by atoms with Crippen molar-refractivity contribution in [1.82, 2.24) is 21.1 Å². The topological polar surface area (TPSA) is 128 Å². The number of benzene rings is 1. The second-order valence-electron chi connectivity index (χ2n) is 11.9. The van der Waals surface area contributed by atoms with Crippen LogP contribution in [0.1, 0.15) is 65.0 Å². The molecule has 3 aliphatic rings. The highest BCUT2D eigenvalue weighted by molar-refractivity contribution is 5.82. The van der Waals surface area contributed by atoms with Crippen LogP contribution in [0.25, 0.3) is 0 Å². The minimum Gasteiger partial charge on any atom is -0.458 e. The Balaban J connectivity index is 1.53. The molecule has 3 heterocycles. The van der Waals surface area contributed by atoms with E-state index < -0.39 is 47.5 Å². The number of hydrazine groups is 1. The quantitative estimate of drug-likeness (QED) is 0.343. The van der Waals surface area contributed by atoms with Gasteiger partial charge in [0.25, 0.3) is 0 Å². The summed E-state index contributed by atoms with van der Waals surface area (Å²) in [5.74, 6) is -1.14. The number of hydrogen-bond acceptors (Lipinski definition) is 9. The minimum atomic E-state index is -4.44. The average molecular weight is 581 g/mol. The Morgan fingerprint density at radius 1 is 1.27 bits per heavy atom. The maximum absolute atomic E-state index is 13.5. The summed E-state index contributed by atoms with van der Waals surface area (Å²) in [7, 11) is 0. The Morgan fingerprint density at radius 3 is 2.54 bits per heavy atom. The van der Waals surface area contributed by atoms with Crippen LogP contribution >= 0.6 is 0 Å². The van der Waals surface area contributed by atoms with Crippen LogP contribution in [0.3, 0.4) is 0 Å². The van der Waals surface area contributed by atoms with Crippen molar-refractivity contribution in [1.29, 1.82) is 5.26 Å². The summed E-state index contributed by atoms with van der Waals surface area (Å²) >= 11 is 0. The van der Waals surface area contributed by atoms with Crippen molar-refractivity contribution in [2.24, 2.45) is 5.92 Å². The normalized spacial score (nSPS) is 29.7. The number of fused-ring (bicyclic) bond motifs is 1. The summed E-state index contributed by atoms with van der Waals surface area (Å²) in [6.45, 7) is 7.69. The number of nitriles is 1. The van der Waals surface area contributed by atoms with Crippen molar-refractivity contribution in [3.63, 3.8) is 0 Å². The fourth-order valence-electron chi connectivity index (χ4n) is 5.92. The fourth-order valence-corrected chi connectivity index (χ4v) is 5.92. The standard InChI is InChI=1S/C28H39F3N6O4/c1-5-33-22(28(29,30)31)17-6-8-18(9-7-17)35-23-21-19(11-15-34-24(21)38)37(36-23)27(13-14-32)12-10-20(40-16-27)25(39)41-26(2,3)4/h6-9,19-23,33,35-36H,5,10-13,15-16H2,1-4H3,(H,34,38)/t19?,20-,21?,22?,23?,27-/m0/s1. The zero-order valence-corrected chi connectivity index (χ0v) is 23.8. The summed E-state index contributed by atoms with van der Waals surface area (Å²) in [4.78, 5) is 25.7. The van der Waals surface area contributed by atoms with E-state index in [-0.39, 0.29) is 37.1 Å². The Labute approximate surface area is 238 Å². The molecule has 1 aromatic carbocycles. The fraction of sp³-hybridized carbons (Fsp3) is 0.679. The molecule has 3 fully saturated rings. The van der Waals surface area contributed by atoms with Crippen LogP contribution < -0.4 is 21.4 Å². The molecule has 13 heteroatoms. The van der Waals surface area contributed by atoms with Gasteiger partial charge in [0.15, 0.2) is 6.10 Å². The maximum atomic E-state index is 13.5. The lowest BCUT2D eigenvalue weighted by Gasteiger charge is -2.47. The molecular weight excluding hydrogens is 541 g/mol. The van der Waals surface area contributed by atoms with Crippen LogP contribution in [0.15, 0.2) is 24.3 Å². The van der Waals surface area contributed by atoms with Crippen LogP contribution in [0, 0.1) is 17.2 Å². The lowest BCUT2D eigenvalue weighted by Crippen LogP contribution is -2.63. The van der Waals surface area contributed by atoms with Crippen molar-refractivity contribution in [2.45, 2.75) is 95.0 Å². The van der Waals surface area contributed by atoms with E-state index in [1.807, 2.05) is 5.01 Å². The third-order valence-corrected chi connectivity index (χ3v) is 7.74. The summed E-state index contributed by atoms with van der Waals surface area (Å²) in [6, 6.07) is 6.16. The lowest BCUT2D eigenvalue weighted by atomic mass is 9.83. The van der Waals surface area contributed by atoms with Crippen molar-refractivity contribution < 1.29 is 32.2 Å². The number of esters is 1. The van der Waals surface area contributed by atoms with E-state index >= 15 is 0 Å². The zero-order valence-electron chi connectivity index (χ0n) is 23.8. The molecule has 0 aromatic heterocycles. The first-order chi connectivity index (χ1) is 19.3. The van der Waals surface area contributed by atoms with Gasteiger partial charge < -0.3 is 25.4 Å². The van der Waals surface area contributed by atoms with Crippen molar-refractivity contribution in [2.75, 3.05) is 25.0 Å². The molecule has 3 aliphatic heterocycles. The summed E-state index contributed by atoms with van der Waals surface area (Å²) in [5, 5.41) is 20.3. The van der Waals surface area contributed by atoms with Crippen molar-refractivity contribution in [3.8, 4) is 6.07 Å². The zero-order chi connectivity index (χ0) is 30.0. The highest BCUT2D eigenvalue weighted by atomic mass is 19.4. The monoisotopic (exact) mass is 580 g/mol. The van der Waals surface area contributed by atoms with Gasteiger partial charge in [-0.05, 0) is 64.3 Å². The van der Waals surface area contributed by atoms with Crippen LogP contribution in [0.2, 0.25) is 0 Å². The molecule has 4 N–H and O–H groups in total. The number of amides is 1. The largest absolute Gasteiger partial charge is 0.458 e. The van der Waals surface area contributed by atoms with Gasteiger partial charge in [-0.25, -0.2) is 15.2 Å². The first-order valence-electron chi connectivity index (χ1n) is 14.0. The van der Waals surface area contributed by atoms with Gasteiger partial charge in [0.1, 0.15) is 17.8 Å². The molecule has 10 nitrogen and oxygen atoms in total. The summed E-state index contributed by atoms with van der Waals surface area (Å²) in [5.41, 5.74) is 2.58. The smallest absolute Gasteiger partial charge is 0.407 e. The number of anilines is 1. The predicted octanol–water partition coefficient (Wildman–Crippen LogP) is 3.14. The Kier molecular flexibility index (Phi) is 9.18. The van der Waals surface area contributed by atoms with Gasteiger partial charge in [0, 0.05) is 18.3 Å². The van der Waals surface area contributed by atoms with Gasteiger partial charge in [0.05, 0.1) is 30.6 Å². The third kappa shape index (κ3) is 6.94. The van der Waals surface area contributed by atoms with Gasteiger partial charge in [-0.15, -0.1) is 0 Å². The van der Waals surface area contributed by atoms with E-state index in [9.17, 15) is 28.0 Å². The van der Waals surface area contributed by atoms with E-state index in [1.165, 1.54) is 12.1 Å². The summed E-state index contributed by atoms with van der Waals surface area (Å²) in [6.07, 6.45) is -4.22. The average Bonchev–Trinajstić information content (AvgIpc) is 3.27. The van der Waals surface area contributed by atoms with Crippen LogP contribution in [0.5, 0.6) is 0 Å². The van der Waals surface area contributed by atoms with Gasteiger partial charge >= 0.3 is 12.1 Å². The first kappa shape index (κ1) is 31.0. The van der Waals surface area contributed by atoms with Gasteiger partial charge in [-0.1, -0.05) is 19.1 Å². The lowest BCUT2D eigenvalue weighted by molar-refractivity contribution is -0.180. The van der Waals surface area contributed by atoms with Crippen molar-refractivity contribution >= 4 is 17.6 Å². The minimum absolute atomic E-state index is 0.0889. The van der Waals surface area contributed by atoms with Crippen LogP contribution in [0.4, 0.5) is 18.9 Å². The molecule has 41 heavy (non-hydrogen) atoms. The molecule has 0 saturated carbocycles. The van der Waals surface area contributed by atoms with E-state index in [0.29, 0.717) is 31.5 Å². The molecular formula is C28H39F3N6O4. The van der Waals surface area contributed by atoms with E-state index in [2.05, 4.69) is 27.4 Å². The van der Waals surface area contributed by atoms with Gasteiger partial charge in [-0.3, -0.25) is 4.79 Å². The molecule has 3 saturated heterocycles. The number of nitrogens with zero attached hydrogens (tertiary/aromatic N) is 2. The number of hydrogen-bond donors (Lipinski definition) is 4. The second-order valence-corrected chi connectivity index (χ2v) is 11.9. The molecule has 1 amide bonds. The summed E-state index contributed by atoms with van der Waals surface area (Å²) < 4.78 is 52.0. The number of halogens is 3. The SMILES string of the molecule is CCNC(c1ccc(NC2NN([C@]3(CC#N)CC[C@@H](C(=O)OC(C)(C)C)OC3)C3CCNC(=O)C23)cc1)C(F)(F)F. The second kappa shape index (κ2) is 12.1. The molecule has 1 aromatic rings. The third-order valence-electron chi connectivity index (χ3n) is 7.74.